The molecule has 0 unspecified atom stereocenters. The Bertz CT molecular complexity index is 1720. The fourth-order valence-corrected chi connectivity index (χ4v) is 6.89. The highest BCUT2D eigenvalue weighted by Crippen LogP contribution is 2.30. The number of benzene rings is 2. The highest BCUT2D eigenvalue weighted by atomic mass is 32.2. The Kier molecular flexibility index (Phi) is 9.54. The molecule has 0 radical (unpaired) electrons. The Balaban J connectivity index is 1.07. The van der Waals surface area contributed by atoms with Crippen molar-refractivity contribution in [2.24, 2.45) is 11.8 Å². The van der Waals surface area contributed by atoms with Gasteiger partial charge in [0.2, 0.25) is 28.9 Å². The van der Waals surface area contributed by atoms with Crippen LogP contribution in [0.3, 0.4) is 0 Å². The third-order valence-corrected chi connectivity index (χ3v) is 9.99. The van der Waals surface area contributed by atoms with Crippen LogP contribution in [0.1, 0.15) is 47.4 Å². The Morgan fingerprint density at radius 2 is 1.64 bits per heavy atom. The molecule has 4 aromatic rings. The van der Waals surface area contributed by atoms with Crippen LogP contribution in [0.5, 0.6) is 0 Å². The first-order chi connectivity index (χ1) is 21.1. The molecule has 0 atom stereocenters. The molecule has 0 bridgehead atoms. The maximum Gasteiger partial charge on any atom is 0.263 e. The van der Waals surface area contributed by atoms with Gasteiger partial charge in [-0.05, 0) is 93.3 Å². The number of carbonyl (C=O) groups excluding carboxylic acids is 1. The molecule has 1 saturated carbocycles. The van der Waals surface area contributed by atoms with Crippen molar-refractivity contribution in [1.29, 1.82) is 0 Å². The van der Waals surface area contributed by atoms with Crippen LogP contribution < -0.4 is 26.4 Å². The maximum atomic E-state index is 12.9. The third kappa shape index (κ3) is 7.96. The van der Waals surface area contributed by atoms with Gasteiger partial charge in [-0.25, -0.2) is 8.42 Å². The molecule has 1 amide bonds. The molecule has 44 heavy (non-hydrogen) atoms. The smallest absolute Gasteiger partial charge is 0.263 e. The molecule has 1 aliphatic carbocycles. The van der Waals surface area contributed by atoms with E-state index in [2.05, 4.69) is 71.8 Å². The molecule has 0 spiro atoms. The van der Waals surface area contributed by atoms with Crippen molar-refractivity contribution in [2.75, 3.05) is 33.0 Å². The van der Waals surface area contributed by atoms with Crippen molar-refractivity contribution in [2.45, 2.75) is 57.9 Å². The van der Waals surface area contributed by atoms with E-state index < -0.39 is 10.0 Å². The summed E-state index contributed by atoms with van der Waals surface area (Å²) in [7, 11) is -3.80. The van der Waals surface area contributed by atoms with E-state index in [1.807, 2.05) is 6.07 Å². The zero-order valence-electron chi connectivity index (χ0n) is 24.8. The molecule has 0 saturated heterocycles. The molecule has 1 fully saturated rings. The van der Waals surface area contributed by atoms with Crippen molar-refractivity contribution < 1.29 is 13.2 Å². The van der Waals surface area contributed by atoms with Crippen molar-refractivity contribution >= 4 is 55.9 Å². The number of aryl methyl sites for hydroxylation is 2. The highest BCUT2D eigenvalue weighted by Gasteiger charge is 2.27. The number of nitrogens with one attached hydrogen (secondary N) is 4. The molecule has 5 rings (SSSR count). The molecule has 2 aromatic carbocycles. The summed E-state index contributed by atoms with van der Waals surface area (Å²) >= 11 is 1.15. The van der Waals surface area contributed by atoms with Crippen LogP contribution in [-0.4, -0.2) is 46.0 Å². The van der Waals surface area contributed by atoms with Crippen molar-refractivity contribution in [1.82, 2.24) is 25.1 Å². The van der Waals surface area contributed by atoms with E-state index in [-0.39, 0.29) is 27.8 Å². The van der Waals surface area contributed by atoms with Gasteiger partial charge in [0, 0.05) is 24.7 Å². The normalized spacial score (nSPS) is 16.7. The average molecular weight is 637 g/mol. The number of hydrogen-bond donors (Lipinski definition) is 5. The lowest BCUT2D eigenvalue weighted by Gasteiger charge is -2.28. The van der Waals surface area contributed by atoms with Gasteiger partial charge in [-0.3, -0.25) is 9.52 Å². The monoisotopic (exact) mass is 636 g/mol. The molecular weight excluding hydrogens is 601 g/mol. The summed E-state index contributed by atoms with van der Waals surface area (Å²) in [5, 5.41) is 17.9. The van der Waals surface area contributed by atoms with Gasteiger partial charge >= 0.3 is 0 Å². The van der Waals surface area contributed by atoms with E-state index in [1.165, 1.54) is 23.3 Å². The second-order valence-electron chi connectivity index (χ2n) is 10.9. The molecule has 232 valence electrons. The predicted molar refractivity (Wildman–Crippen MR) is 172 cm³/mol. The van der Waals surface area contributed by atoms with E-state index >= 15 is 0 Å². The minimum Gasteiger partial charge on any atom is -0.368 e. The lowest BCUT2D eigenvalue weighted by Crippen LogP contribution is -2.29. The van der Waals surface area contributed by atoms with Crippen LogP contribution in [-0.2, 0) is 21.4 Å². The number of amides is 1. The lowest BCUT2D eigenvalue weighted by atomic mass is 9.81. The van der Waals surface area contributed by atoms with Crippen molar-refractivity contribution in [3.05, 3.63) is 64.2 Å². The van der Waals surface area contributed by atoms with Gasteiger partial charge in [-0.2, -0.15) is 15.0 Å². The number of rotatable bonds is 11. The van der Waals surface area contributed by atoms with Crippen LogP contribution in [0.4, 0.5) is 28.7 Å². The standard InChI is InChI=1S/C29H36N10O3S2/c1-17-5-4-6-22(18(17)2)16-32-28-35-26(30)34-27(36-28)31-15-20-7-9-21(10-8-20)25(40)33-23-11-13-24(14-12-23)44(41,42)39-29-38-37-19(3)43-29/h4-6,11-14,20-21H,7-10,15-16H2,1-3H3,(H,33,40)(H,38,39)(H4,30,31,32,34,35,36)/t20-,21-. The third-order valence-electron chi connectivity index (χ3n) is 7.75. The largest absolute Gasteiger partial charge is 0.368 e. The quantitative estimate of drug-likeness (QED) is 0.156. The number of hydrogen-bond acceptors (Lipinski definition) is 12. The Hall–Kier alpha value is -4.37. The first kappa shape index (κ1) is 31.1. The van der Waals surface area contributed by atoms with E-state index in [9.17, 15) is 13.2 Å². The number of nitrogen functional groups attached to an aromatic ring is 1. The van der Waals surface area contributed by atoms with E-state index in [0.717, 1.165) is 42.6 Å². The van der Waals surface area contributed by atoms with Gasteiger partial charge in [0.1, 0.15) is 5.01 Å². The number of sulfonamides is 1. The minimum atomic E-state index is -3.80. The summed E-state index contributed by atoms with van der Waals surface area (Å²) in [5.41, 5.74) is 10.1. The summed E-state index contributed by atoms with van der Waals surface area (Å²) < 4.78 is 27.7. The van der Waals surface area contributed by atoms with Crippen LogP contribution in [0.15, 0.2) is 47.4 Å². The Labute approximate surface area is 260 Å². The Morgan fingerprint density at radius 1 is 0.932 bits per heavy atom. The molecule has 15 heteroatoms. The number of nitrogens with two attached hydrogens (primary N) is 1. The van der Waals surface area contributed by atoms with Crippen LogP contribution in [0.2, 0.25) is 0 Å². The number of aromatic nitrogens is 5. The summed E-state index contributed by atoms with van der Waals surface area (Å²) in [6.07, 6.45) is 3.24. The SMILES string of the molecule is Cc1nnc(NS(=O)(=O)c2ccc(NC(=O)[C@H]3CC[C@H](CNc4nc(N)nc(NCc5cccc(C)c5C)n4)CC3)cc2)s1. The summed E-state index contributed by atoms with van der Waals surface area (Å²) in [5.74, 6) is 1.14. The van der Waals surface area contributed by atoms with Crippen LogP contribution in [0.25, 0.3) is 0 Å². The predicted octanol–water partition coefficient (Wildman–Crippen LogP) is 4.50. The number of nitrogens with zero attached hydrogens (tertiary/aromatic N) is 5. The van der Waals surface area contributed by atoms with Crippen LogP contribution in [0, 0.1) is 32.6 Å². The molecular formula is C29H36N10O3S2. The number of carbonyl (C=O) groups is 1. The van der Waals surface area contributed by atoms with Gasteiger partial charge in [0.15, 0.2) is 0 Å². The molecule has 2 aromatic heterocycles. The second-order valence-corrected chi connectivity index (χ2v) is 13.8. The second kappa shape index (κ2) is 13.5. The van der Waals surface area contributed by atoms with E-state index in [1.54, 1.807) is 19.1 Å². The summed E-state index contributed by atoms with van der Waals surface area (Å²) in [4.78, 5) is 25.9. The van der Waals surface area contributed by atoms with E-state index in [4.69, 9.17) is 5.73 Å². The van der Waals surface area contributed by atoms with Crippen molar-refractivity contribution in [3.8, 4) is 0 Å². The van der Waals surface area contributed by atoms with Gasteiger partial charge in [0.25, 0.3) is 10.0 Å². The zero-order valence-corrected chi connectivity index (χ0v) is 26.4. The fourth-order valence-electron chi connectivity index (χ4n) is 5.07. The lowest BCUT2D eigenvalue weighted by molar-refractivity contribution is -0.121. The summed E-state index contributed by atoms with van der Waals surface area (Å²) in [6, 6.07) is 12.3. The van der Waals surface area contributed by atoms with E-state index in [0.29, 0.717) is 41.6 Å². The fraction of sp³-hybridized carbons (Fsp3) is 0.379. The Morgan fingerprint density at radius 3 is 2.32 bits per heavy atom. The molecule has 6 N–H and O–H groups in total. The average Bonchev–Trinajstić information content (AvgIpc) is 3.40. The number of anilines is 5. The van der Waals surface area contributed by atoms with Gasteiger partial charge < -0.3 is 21.7 Å². The first-order valence-corrected chi connectivity index (χ1v) is 16.6. The minimum absolute atomic E-state index is 0.0700. The first-order valence-electron chi connectivity index (χ1n) is 14.3. The van der Waals surface area contributed by atoms with Crippen LogP contribution >= 0.6 is 11.3 Å². The van der Waals surface area contributed by atoms with Crippen molar-refractivity contribution in [3.63, 3.8) is 0 Å². The van der Waals surface area contributed by atoms with Gasteiger partial charge in [-0.15, -0.1) is 10.2 Å². The van der Waals surface area contributed by atoms with Gasteiger partial charge in [-0.1, -0.05) is 29.5 Å². The topological polar surface area (TPSA) is 190 Å². The summed E-state index contributed by atoms with van der Waals surface area (Å²) in [6.45, 7) is 7.16. The molecule has 2 heterocycles. The molecule has 0 aliphatic heterocycles. The molecule has 1 aliphatic rings. The zero-order chi connectivity index (χ0) is 31.3. The van der Waals surface area contributed by atoms with Gasteiger partial charge in [0.05, 0.1) is 4.90 Å². The highest BCUT2D eigenvalue weighted by molar-refractivity contribution is 7.93. The maximum absolute atomic E-state index is 12.9. The molecule has 13 nitrogen and oxygen atoms in total.